The molecule has 2 aromatic heterocycles. The standard InChI is InChI=1S/C28H23N5O/c1-19-4-2-7-25-27(19)26(14-17-30-25)32-24-6-3-5-20(18-24)28(34)33-22-10-8-21(9-11-22)31-23-12-15-29-16-13-23/h2-18H,1H3,(H,29,31)(H,30,32)(H,33,34). The van der Waals surface area contributed by atoms with Gasteiger partial charge in [-0.15, -0.1) is 0 Å². The second-order valence-corrected chi connectivity index (χ2v) is 7.93. The number of hydrogen-bond donors (Lipinski definition) is 3. The van der Waals surface area contributed by atoms with Crippen molar-refractivity contribution < 1.29 is 4.79 Å². The molecule has 1 amide bonds. The molecular weight excluding hydrogens is 422 g/mol. The van der Waals surface area contributed by atoms with E-state index in [4.69, 9.17) is 0 Å². The molecule has 0 fully saturated rings. The van der Waals surface area contributed by atoms with Crippen LogP contribution in [0.15, 0.2) is 104 Å². The van der Waals surface area contributed by atoms with Crippen LogP contribution >= 0.6 is 0 Å². The largest absolute Gasteiger partial charge is 0.355 e. The molecule has 6 nitrogen and oxygen atoms in total. The van der Waals surface area contributed by atoms with Crippen LogP contribution in [-0.2, 0) is 0 Å². The minimum atomic E-state index is -0.172. The number of amides is 1. The van der Waals surface area contributed by atoms with Gasteiger partial charge in [0.25, 0.3) is 5.91 Å². The van der Waals surface area contributed by atoms with Gasteiger partial charge in [-0.05, 0) is 79.2 Å². The molecule has 2 heterocycles. The minimum absolute atomic E-state index is 0.172. The lowest BCUT2D eigenvalue weighted by Gasteiger charge is -2.13. The van der Waals surface area contributed by atoms with Crippen molar-refractivity contribution in [3.63, 3.8) is 0 Å². The molecule has 0 bridgehead atoms. The highest BCUT2D eigenvalue weighted by Gasteiger charge is 2.09. The van der Waals surface area contributed by atoms with E-state index in [0.29, 0.717) is 5.56 Å². The maximum absolute atomic E-state index is 12.9. The predicted octanol–water partition coefficient (Wildman–Crippen LogP) is 6.68. The maximum Gasteiger partial charge on any atom is 0.255 e. The number of pyridine rings is 2. The monoisotopic (exact) mass is 445 g/mol. The first kappa shape index (κ1) is 21.2. The second-order valence-electron chi connectivity index (χ2n) is 7.93. The van der Waals surface area contributed by atoms with Crippen LogP contribution in [0.2, 0.25) is 0 Å². The van der Waals surface area contributed by atoms with Crippen LogP contribution in [-0.4, -0.2) is 15.9 Å². The van der Waals surface area contributed by atoms with E-state index in [1.807, 2.05) is 72.8 Å². The Kier molecular flexibility index (Phi) is 5.86. The molecule has 3 aromatic carbocycles. The molecule has 0 aliphatic heterocycles. The van der Waals surface area contributed by atoms with Gasteiger partial charge >= 0.3 is 0 Å². The first-order valence-electron chi connectivity index (χ1n) is 11.0. The fraction of sp³-hybridized carbons (Fsp3) is 0.0357. The normalized spacial score (nSPS) is 10.6. The van der Waals surface area contributed by atoms with Crippen molar-refractivity contribution in [2.75, 3.05) is 16.0 Å². The van der Waals surface area contributed by atoms with Crippen molar-refractivity contribution in [3.8, 4) is 0 Å². The maximum atomic E-state index is 12.9. The summed E-state index contributed by atoms with van der Waals surface area (Å²) in [5, 5.41) is 10.8. The van der Waals surface area contributed by atoms with Gasteiger partial charge in [0.2, 0.25) is 0 Å². The van der Waals surface area contributed by atoms with E-state index in [2.05, 4.69) is 38.9 Å². The van der Waals surface area contributed by atoms with Crippen molar-refractivity contribution >= 4 is 45.2 Å². The van der Waals surface area contributed by atoms with Gasteiger partial charge in [0, 0.05) is 58.0 Å². The van der Waals surface area contributed by atoms with Crippen LogP contribution in [0.1, 0.15) is 15.9 Å². The fourth-order valence-corrected chi connectivity index (χ4v) is 3.83. The Labute approximate surface area is 197 Å². The average molecular weight is 446 g/mol. The molecule has 0 saturated heterocycles. The highest BCUT2D eigenvalue weighted by atomic mass is 16.1. The molecule has 6 heteroatoms. The number of nitrogens with zero attached hydrogens (tertiary/aromatic N) is 2. The molecule has 0 radical (unpaired) electrons. The van der Waals surface area contributed by atoms with E-state index in [1.165, 1.54) is 0 Å². The van der Waals surface area contributed by atoms with Gasteiger partial charge in [-0.1, -0.05) is 18.2 Å². The zero-order valence-corrected chi connectivity index (χ0v) is 18.6. The summed E-state index contributed by atoms with van der Waals surface area (Å²) in [4.78, 5) is 21.4. The first-order chi connectivity index (χ1) is 16.7. The van der Waals surface area contributed by atoms with Crippen molar-refractivity contribution in [1.29, 1.82) is 0 Å². The van der Waals surface area contributed by atoms with Crippen molar-refractivity contribution in [1.82, 2.24) is 9.97 Å². The van der Waals surface area contributed by atoms with E-state index >= 15 is 0 Å². The lowest BCUT2D eigenvalue weighted by atomic mass is 10.1. The topological polar surface area (TPSA) is 78.9 Å². The SMILES string of the molecule is Cc1cccc2nccc(Nc3cccc(C(=O)Nc4ccc(Nc5ccncc5)cc4)c3)c12. The molecule has 0 aliphatic rings. The Balaban J connectivity index is 1.30. The lowest BCUT2D eigenvalue weighted by Crippen LogP contribution is -2.12. The second kappa shape index (κ2) is 9.42. The summed E-state index contributed by atoms with van der Waals surface area (Å²) in [6.07, 6.45) is 5.25. The summed E-state index contributed by atoms with van der Waals surface area (Å²) in [6, 6.07) is 26.8. The number of nitrogens with one attached hydrogen (secondary N) is 3. The summed E-state index contributed by atoms with van der Waals surface area (Å²) < 4.78 is 0. The average Bonchev–Trinajstić information content (AvgIpc) is 2.86. The number of benzene rings is 3. The van der Waals surface area contributed by atoms with Gasteiger partial charge in [-0.2, -0.15) is 0 Å². The zero-order valence-electron chi connectivity index (χ0n) is 18.6. The number of fused-ring (bicyclic) bond motifs is 1. The third-order valence-corrected chi connectivity index (χ3v) is 5.49. The Morgan fingerprint density at radius 3 is 2.26 bits per heavy atom. The smallest absolute Gasteiger partial charge is 0.255 e. The van der Waals surface area contributed by atoms with Gasteiger partial charge in [0.05, 0.1) is 5.52 Å². The fourth-order valence-electron chi connectivity index (χ4n) is 3.83. The highest BCUT2D eigenvalue weighted by molar-refractivity contribution is 6.05. The summed E-state index contributed by atoms with van der Waals surface area (Å²) in [7, 11) is 0. The number of carbonyl (C=O) groups excluding carboxylic acids is 1. The van der Waals surface area contributed by atoms with E-state index in [1.54, 1.807) is 24.7 Å². The first-order valence-corrected chi connectivity index (χ1v) is 11.0. The van der Waals surface area contributed by atoms with Crippen LogP contribution in [0.4, 0.5) is 28.4 Å². The minimum Gasteiger partial charge on any atom is -0.355 e. The molecule has 166 valence electrons. The van der Waals surface area contributed by atoms with Crippen LogP contribution < -0.4 is 16.0 Å². The van der Waals surface area contributed by atoms with Crippen LogP contribution in [0, 0.1) is 6.92 Å². The van der Waals surface area contributed by atoms with E-state index in [-0.39, 0.29) is 5.91 Å². The number of hydrogen-bond acceptors (Lipinski definition) is 5. The van der Waals surface area contributed by atoms with Gasteiger partial charge in [-0.3, -0.25) is 14.8 Å². The molecule has 0 saturated carbocycles. The number of anilines is 5. The van der Waals surface area contributed by atoms with Crippen LogP contribution in [0.25, 0.3) is 10.9 Å². The third-order valence-electron chi connectivity index (χ3n) is 5.49. The van der Waals surface area contributed by atoms with Gasteiger partial charge in [0.15, 0.2) is 0 Å². The van der Waals surface area contributed by atoms with Gasteiger partial charge in [-0.25, -0.2) is 0 Å². The van der Waals surface area contributed by atoms with Crippen molar-refractivity contribution in [2.45, 2.75) is 6.92 Å². The van der Waals surface area contributed by atoms with E-state index < -0.39 is 0 Å². The van der Waals surface area contributed by atoms with Crippen molar-refractivity contribution in [2.24, 2.45) is 0 Å². The summed E-state index contributed by atoms with van der Waals surface area (Å²) >= 11 is 0. The van der Waals surface area contributed by atoms with Crippen molar-refractivity contribution in [3.05, 3.63) is 115 Å². The summed E-state index contributed by atoms with van der Waals surface area (Å²) in [5.41, 5.74) is 7.03. The molecular formula is C28H23N5O. The Morgan fingerprint density at radius 1 is 0.706 bits per heavy atom. The van der Waals surface area contributed by atoms with Gasteiger partial charge in [0.1, 0.15) is 0 Å². The molecule has 0 atom stereocenters. The van der Waals surface area contributed by atoms with E-state index in [0.717, 1.165) is 44.9 Å². The molecule has 0 aliphatic carbocycles. The Bertz CT molecular complexity index is 1440. The molecule has 0 unspecified atom stereocenters. The Hall–Kier alpha value is -4.71. The van der Waals surface area contributed by atoms with Crippen LogP contribution in [0.5, 0.6) is 0 Å². The highest BCUT2D eigenvalue weighted by Crippen LogP contribution is 2.28. The number of rotatable bonds is 6. The molecule has 3 N–H and O–H groups in total. The Morgan fingerprint density at radius 2 is 1.44 bits per heavy atom. The molecule has 34 heavy (non-hydrogen) atoms. The molecule has 0 spiro atoms. The summed E-state index contributed by atoms with van der Waals surface area (Å²) in [6.45, 7) is 2.07. The molecule has 5 rings (SSSR count). The third kappa shape index (κ3) is 4.71. The van der Waals surface area contributed by atoms with E-state index in [9.17, 15) is 4.79 Å². The number of aromatic nitrogens is 2. The summed E-state index contributed by atoms with van der Waals surface area (Å²) in [5.74, 6) is -0.172. The predicted molar refractivity (Wildman–Crippen MR) is 138 cm³/mol. The van der Waals surface area contributed by atoms with Gasteiger partial charge < -0.3 is 16.0 Å². The number of aryl methyl sites for hydroxylation is 1. The lowest BCUT2D eigenvalue weighted by molar-refractivity contribution is 0.102. The molecule has 5 aromatic rings. The zero-order chi connectivity index (χ0) is 23.3. The quantitative estimate of drug-likeness (QED) is 0.272. The number of carbonyl (C=O) groups is 1. The van der Waals surface area contributed by atoms with Crippen LogP contribution in [0.3, 0.4) is 0 Å².